The van der Waals surface area contributed by atoms with Crippen LogP contribution in [-0.4, -0.2) is 47.7 Å². The van der Waals surface area contributed by atoms with Crippen molar-refractivity contribution in [3.8, 4) is 5.75 Å². The smallest absolute Gasteiger partial charge is 0.303 e. The minimum atomic E-state index is -1.12. The number of piperidine rings is 1. The normalized spacial score (nSPS) is 19.6. The first-order valence-electron chi connectivity index (χ1n) is 12.5. The fourth-order valence-electron chi connectivity index (χ4n) is 5.35. The Balaban J connectivity index is 1.35. The summed E-state index contributed by atoms with van der Waals surface area (Å²) in [5.74, 6) is 0.205. The van der Waals surface area contributed by atoms with Gasteiger partial charge in [0.25, 0.3) is 0 Å². The van der Waals surface area contributed by atoms with Gasteiger partial charge in [-0.3, -0.25) is 9.78 Å². The van der Waals surface area contributed by atoms with Crippen LogP contribution < -0.4 is 4.74 Å². The first kappa shape index (κ1) is 25.6. The summed E-state index contributed by atoms with van der Waals surface area (Å²) in [5.41, 5.74) is 1.38. The van der Waals surface area contributed by atoms with Crippen LogP contribution in [-0.2, 0) is 11.2 Å². The van der Waals surface area contributed by atoms with Crippen LogP contribution in [0.4, 0.5) is 4.39 Å². The topological polar surface area (TPSA) is 62.7 Å². The molecule has 1 N–H and O–H groups in total. The number of carbonyl (C=O) groups is 1. The summed E-state index contributed by atoms with van der Waals surface area (Å²) in [7, 11) is 1.60. The largest absolute Gasteiger partial charge is 0.497 e. The fraction of sp³-hybridized carbons (Fsp3) is 0.500. The Morgan fingerprint density at radius 3 is 2.89 bits per heavy atom. The van der Waals surface area contributed by atoms with Crippen LogP contribution in [0.1, 0.15) is 53.6 Å². The summed E-state index contributed by atoms with van der Waals surface area (Å²) in [5, 5.41) is 10.3. The van der Waals surface area contributed by atoms with E-state index in [-0.39, 0.29) is 18.3 Å². The number of nitrogens with zero attached hydrogens (tertiary/aromatic N) is 2. The summed E-state index contributed by atoms with van der Waals surface area (Å²) in [6.45, 7) is 4.85. The van der Waals surface area contributed by atoms with Gasteiger partial charge in [0.1, 0.15) is 11.9 Å². The Morgan fingerprint density at radius 1 is 1.29 bits per heavy atom. The van der Waals surface area contributed by atoms with Gasteiger partial charge in [0.15, 0.2) is 0 Å². The Bertz CT molecular complexity index is 1130. The lowest BCUT2D eigenvalue weighted by Gasteiger charge is -2.38. The number of aliphatic carboxylic acids is 1. The van der Waals surface area contributed by atoms with E-state index in [9.17, 15) is 9.90 Å². The minimum absolute atomic E-state index is 0.0618. The maximum atomic E-state index is 15.5. The first-order valence-corrected chi connectivity index (χ1v) is 13.3. The number of benzene rings is 1. The monoisotopic (exact) mass is 498 g/mol. The lowest BCUT2D eigenvalue weighted by molar-refractivity contribution is -0.139. The molecule has 1 aliphatic rings. The molecule has 0 radical (unpaired) electrons. The van der Waals surface area contributed by atoms with Crippen LogP contribution >= 0.6 is 11.3 Å². The molecule has 0 bridgehead atoms. The number of rotatable bonds is 11. The highest BCUT2D eigenvalue weighted by molar-refractivity contribution is 7.11. The van der Waals surface area contributed by atoms with Gasteiger partial charge in [0, 0.05) is 34.3 Å². The van der Waals surface area contributed by atoms with Gasteiger partial charge in [-0.1, -0.05) is 0 Å². The van der Waals surface area contributed by atoms with Gasteiger partial charge in [0.2, 0.25) is 0 Å². The number of aromatic nitrogens is 1. The van der Waals surface area contributed by atoms with Crippen molar-refractivity contribution in [3.05, 3.63) is 57.9 Å². The van der Waals surface area contributed by atoms with E-state index in [1.165, 1.54) is 9.75 Å². The number of carboxylic acids is 1. The third-order valence-corrected chi connectivity index (χ3v) is 8.28. The third kappa shape index (κ3) is 6.79. The highest BCUT2D eigenvalue weighted by Crippen LogP contribution is 2.36. The second kappa shape index (κ2) is 12.0. The van der Waals surface area contributed by atoms with E-state index in [4.69, 9.17) is 4.74 Å². The van der Waals surface area contributed by atoms with E-state index in [2.05, 4.69) is 28.9 Å². The Morgan fingerprint density at radius 2 is 2.14 bits per heavy atom. The van der Waals surface area contributed by atoms with Gasteiger partial charge in [-0.2, -0.15) is 0 Å². The van der Waals surface area contributed by atoms with Crippen molar-refractivity contribution in [2.45, 2.75) is 51.6 Å². The standard InChI is InChI=1S/C28H35FN2O3S/c1-19-5-8-23(35-19)4-3-14-31-15-12-20(21(18-31)16-28(32)33)6-9-26(29)24-11-13-30-27-10-7-22(34-2)17-25(24)27/h5,7-8,10-11,13,17,20-21,26H,3-4,6,9,12,14-16,18H2,1-2H3,(H,32,33)/t20-,21+,26+/m1/s1. The molecule has 188 valence electrons. The number of ether oxygens (including phenoxy) is 1. The van der Waals surface area contributed by atoms with Crippen LogP contribution in [0.15, 0.2) is 42.6 Å². The second-order valence-corrected chi connectivity index (χ2v) is 11.0. The Kier molecular flexibility index (Phi) is 8.74. The van der Waals surface area contributed by atoms with Crippen LogP contribution in [0.2, 0.25) is 0 Å². The summed E-state index contributed by atoms with van der Waals surface area (Å²) in [6.07, 6.45) is 4.83. The number of carboxylic acid groups (broad SMARTS) is 1. The number of aryl methyl sites for hydroxylation is 2. The molecule has 1 aromatic carbocycles. The molecular formula is C28H35FN2O3S. The number of likely N-dealkylation sites (tertiary alicyclic amines) is 1. The number of hydrogen-bond acceptors (Lipinski definition) is 5. The number of fused-ring (bicyclic) bond motifs is 1. The molecule has 1 aliphatic heterocycles. The summed E-state index contributed by atoms with van der Waals surface area (Å²) in [6, 6.07) is 11.6. The van der Waals surface area contributed by atoms with Gasteiger partial charge < -0.3 is 14.7 Å². The van der Waals surface area contributed by atoms with Crippen molar-refractivity contribution in [1.29, 1.82) is 0 Å². The molecule has 7 heteroatoms. The van der Waals surface area contributed by atoms with Crippen molar-refractivity contribution in [1.82, 2.24) is 9.88 Å². The van der Waals surface area contributed by atoms with Crippen LogP contribution in [0.3, 0.4) is 0 Å². The molecule has 1 fully saturated rings. The average Bonchev–Trinajstić information content (AvgIpc) is 3.27. The molecule has 0 aliphatic carbocycles. The predicted molar refractivity (Wildman–Crippen MR) is 139 cm³/mol. The first-order chi connectivity index (χ1) is 16.9. The summed E-state index contributed by atoms with van der Waals surface area (Å²) in [4.78, 5) is 21.1. The van der Waals surface area contributed by atoms with E-state index < -0.39 is 12.1 Å². The van der Waals surface area contributed by atoms with E-state index in [1.54, 1.807) is 19.4 Å². The van der Waals surface area contributed by atoms with Crippen molar-refractivity contribution in [2.75, 3.05) is 26.7 Å². The molecule has 3 atom stereocenters. The molecule has 5 nitrogen and oxygen atoms in total. The van der Waals surface area contributed by atoms with Gasteiger partial charge in [-0.15, -0.1) is 11.3 Å². The summed E-state index contributed by atoms with van der Waals surface area (Å²) < 4.78 is 20.8. The van der Waals surface area contributed by atoms with E-state index >= 15 is 4.39 Å². The zero-order chi connectivity index (χ0) is 24.8. The SMILES string of the molecule is COc1ccc2nccc([C@@H](F)CC[C@@H]3CCN(CCCc4ccc(C)s4)C[C@@H]3CC(=O)O)c2c1. The number of pyridine rings is 1. The number of thiophene rings is 1. The van der Waals surface area contributed by atoms with E-state index in [0.717, 1.165) is 49.8 Å². The maximum absolute atomic E-state index is 15.5. The molecule has 2 aromatic heterocycles. The highest BCUT2D eigenvalue weighted by Gasteiger charge is 2.31. The lowest BCUT2D eigenvalue weighted by Crippen LogP contribution is -2.42. The molecule has 0 spiro atoms. The fourth-order valence-corrected chi connectivity index (χ4v) is 6.29. The molecule has 3 aromatic rings. The van der Waals surface area contributed by atoms with E-state index in [0.29, 0.717) is 24.2 Å². The quantitative estimate of drug-likeness (QED) is 0.329. The lowest BCUT2D eigenvalue weighted by atomic mass is 9.79. The maximum Gasteiger partial charge on any atom is 0.303 e. The number of halogens is 1. The van der Waals surface area contributed by atoms with Crippen LogP contribution in [0.5, 0.6) is 5.75 Å². The van der Waals surface area contributed by atoms with Gasteiger partial charge in [-0.05, 0) is 106 Å². The predicted octanol–water partition coefficient (Wildman–Crippen LogP) is 6.45. The molecular weight excluding hydrogens is 463 g/mol. The zero-order valence-electron chi connectivity index (χ0n) is 20.6. The molecule has 0 saturated carbocycles. The summed E-state index contributed by atoms with van der Waals surface area (Å²) >= 11 is 1.85. The molecule has 0 amide bonds. The molecule has 35 heavy (non-hydrogen) atoms. The van der Waals surface area contributed by atoms with E-state index in [1.807, 2.05) is 29.5 Å². The molecule has 3 heterocycles. The zero-order valence-corrected chi connectivity index (χ0v) is 21.4. The molecule has 0 unspecified atom stereocenters. The van der Waals surface area contributed by atoms with Gasteiger partial charge in [0.05, 0.1) is 12.6 Å². The number of methoxy groups -OCH3 is 1. The molecule has 1 saturated heterocycles. The average molecular weight is 499 g/mol. The van der Waals surface area contributed by atoms with Gasteiger partial charge >= 0.3 is 5.97 Å². The highest BCUT2D eigenvalue weighted by atomic mass is 32.1. The second-order valence-electron chi connectivity index (χ2n) is 9.65. The van der Waals surface area contributed by atoms with Crippen molar-refractivity contribution < 1.29 is 19.0 Å². The number of alkyl halides is 1. The van der Waals surface area contributed by atoms with Crippen LogP contribution in [0, 0.1) is 18.8 Å². The third-order valence-electron chi connectivity index (χ3n) is 7.22. The van der Waals surface area contributed by atoms with Gasteiger partial charge in [-0.25, -0.2) is 4.39 Å². The Hall–Kier alpha value is -2.51. The van der Waals surface area contributed by atoms with Crippen molar-refractivity contribution in [3.63, 3.8) is 0 Å². The van der Waals surface area contributed by atoms with Crippen molar-refractivity contribution in [2.24, 2.45) is 11.8 Å². The minimum Gasteiger partial charge on any atom is -0.497 e. The molecule has 4 rings (SSSR count). The van der Waals surface area contributed by atoms with Crippen molar-refractivity contribution >= 4 is 28.2 Å². The van der Waals surface area contributed by atoms with Crippen LogP contribution in [0.25, 0.3) is 10.9 Å². The number of hydrogen-bond donors (Lipinski definition) is 1. The Labute approximate surface area is 210 Å².